The summed E-state index contributed by atoms with van der Waals surface area (Å²) in [6.07, 6.45) is 16.6. The third-order valence-electron chi connectivity index (χ3n) is 11.0. The normalized spacial score (nSPS) is 42.3. The molecule has 0 aliphatic heterocycles. The van der Waals surface area contributed by atoms with E-state index in [4.69, 9.17) is 9.84 Å². The summed E-state index contributed by atoms with van der Waals surface area (Å²) in [4.78, 5) is 0. The van der Waals surface area contributed by atoms with Crippen LogP contribution in [-0.4, -0.2) is 29.2 Å². The molecule has 0 bridgehead atoms. The van der Waals surface area contributed by atoms with E-state index < -0.39 is 6.29 Å². The molecule has 0 aromatic rings. The van der Waals surface area contributed by atoms with Crippen molar-refractivity contribution in [3.8, 4) is 0 Å². The zero-order valence-electron chi connectivity index (χ0n) is 22.2. The molecule has 3 saturated carbocycles. The maximum absolute atomic E-state index is 10.0. The number of ether oxygens (including phenoxy) is 1. The first kappa shape index (κ1) is 25.7. The second-order valence-corrected chi connectivity index (χ2v) is 13.3. The molecule has 0 amide bonds. The Hall–Kier alpha value is -0.380. The van der Waals surface area contributed by atoms with Gasteiger partial charge in [-0.3, -0.25) is 0 Å². The lowest BCUT2D eigenvalue weighted by Crippen LogP contribution is -2.51. The van der Waals surface area contributed by atoms with Gasteiger partial charge in [-0.05, 0) is 97.7 Å². The third kappa shape index (κ3) is 4.98. The van der Waals surface area contributed by atoms with Gasteiger partial charge in [0, 0.05) is 13.0 Å². The monoisotopic (exact) mass is 460 g/mol. The van der Waals surface area contributed by atoms with Crippen molar-refractivity contribution in [3.05, 3.63) is 11.6 Å². The van der Waals surface area contributed by atoms with Gasteiger partial charge >= 0.3 is 0 Å². The van der Waals surface area contributed by atoms with E-state index in [2.05, 4.69) is 40.7 Å². The molecule has 0 radical (unpaired) electrons. The van der Waals surface area contributed by atoms with Gasteiger partial charge in [0.25, 0.3) is 0 Å². The van der Waals surface area contributed by atoms with Crippen LogP contribution in [0.3, 0.4) is 0 Å². The van der Waals surface area contributed by atoms with Crippen LogP contribution in [0.5, 0.6) is 0 Å². The zero-order chi connectivity index (χ0) is 23.8. The summed E-state index contributed by atoms with van der Waals surface area (Å²) in [5.74, 6) is 5.23. The minimum absolute atomic E-state index is 0.0183. The fraction of sp³-hybridized carbons (Fsp3) is 0.933. The van der Waals surface area contributed by atoms with Gasteiger partial charge < -0.3 is 14.9 Å². The molecule has 3 heteroatoms. The molecular formula is C30H52O3. The van der Waals surface area contributed by atoms with E-state index in [-0.39, 0.29) is 12.7 Å². The fourth-order valence-electron chi connectivity index (χ4n) is 9.17. The molecule has 2 N–H and O–H groups in total. The van der Waals surface area contributed by atoms with Crippen LogP contribution in [0.25, 0.3) is 0 Å². The number of hydrogen-bond donors (Lipinski definition) is 2. The second kappa shape index (κ2) is 10.3. The summed E-state index contributed by atoms with van der Waals surface area (Å²) in [7, 11) is 0. The summed E-state index contributed by atoms with van der Waals surface area (Å²) in [6, 6.07) is 0. The van der Waals surface area contributed by atoms with Crippen molar-refractivity contribution < 1.29 is 14.9 Å². The largest absolute Gasteiger partial charge is 0.396 e. The molecule has 4 aliphatic rings. The molecule has 3 nitrogen and oxygen atoms in total. The summed E-state index contributed by atoms with van der Waals surface area (Å²) in [5, 5.41) is 19.1. The maximum atomic E-state index is 10.0. The van der Waals surface area contributed by atoms with E-state index in [0.717, 1.165) is 48.3 Å². The Morgan fingerprint density at radius 2 is 1.79 bits per heavy atom. The van der Waals surface area contributed by atoms with Crippen LogP contribution in [-0.2, 0) is 4.74 Å². The Morgan fingerprint density at radius 3 is 2.52 bits per heavy atom. The van der Waals surface area contributed by atoms with Gasteiger partial charge in [0.15, 0.2) is 6.29 Å². The topological polar surface area (TPSA) is 49.7 Å². The average Bonchev–Trinajstić information content (AvgIpc) is 3.11. The summed E-state index contributed by atoms with van der Waals surface area (Å²) < 4.78 is 5.89. The van der Waals surface area contributed by atoms with Gasteiger partial charge in [-0.15, -0.1) is 0 Å². The first-order chi connectivity index (χ1) is 15.7. The highest BCUT2D eigenvalue weighted by Crippen LogP contribution is 2.67. The number of aliphatic hydroxyl groups excluding tert-OH is 2. The molecule has 190 valence electrons. The number of aliphatic hydroxyl groups is 2. The van der Waals surface area contributed by atoms with Crippen molar-refractivity contribution in [1.29, 1.82) is 0 Å². The van der Waals surface area contributed by atoms with Gasteiger partial charge in [-0.25, -0.2) is 0 Å². The van der Waals surface area contributed by atoms with E-state index in [1.807, 2.05) is 0 Å². The maximum Gasteiger partial charge on any atom is 0.157 e. The molecular weight excluding hydrogens is 408 g/mol. The van der Waals surface area contributed by atoms with Crippen LogP contribution in [0, 0.1) is 46.3 Å². The molecule has 33 heavy (non-hydrogen) atoms. The number of rotatable bonds is 9. The van der Waals surface area contributed by atoms with Gasteiger partial charge in [0.1, 0.15) is 0 Å². The van der Waals surface area contributed by atoms with E-state index in [1.54, 1.807) is 5.57 Å². The highest BCUT2D eigenvalue weighted by atomic mass is 16.6. The lowest BCUT2D eigenvalue weighted by Gasteiger charge is -2.58. The lowest BCUT2D eigenvalue weighted by molar-refractivity contribution is -0.155. The van der Waals surface area contributed by atoms with Gasteiger partial charge in [0.2, 0.25) is 0 Å². The van der Waals surface area contributed by atoms with Crippen LogP contribution in [0.2, 0.25) is 0 Å². The molecule has 0 aromatic heterocycles. The predicted octanol–water partition coefficient (Wildman–Crippen LogP) is 7.11. The van der Waals surface area contributed by atoms with Gasteiger partial charge in [0.05, 0.1) is 6.10 Å². The third-order valence-corrected chi connectivity index (χ3v) is 11.0. The van der Waals surface area contributed by atoms with Crippen molar-refractivity contribution in [2.24, 2.45) is 46.3 Å². The van der Waals surface area contributed by atoms with Crippen LogP contribution < -0.4 is 0 Å². The highest BCUT2D eigenvalue weighted by Gasteiger charge is 2.59. The summed E-state index contributed by atoms with van der Waals surface area (Å²) >= 11 is 0. The zero-order valence-corrected chi connectivity index (χ0v) is 22.2. The van der Waals surface area contributed by atoms with Crippen LogP contribution in [0.1, 0.15) is 112 Å². The molecule has 1 unspecified atom stereocenters. The molecule has 4 aliphatic carbocycles. The number of hydrogen-bond acceptors (Lipinski definition) is 3. The first-order valence-corrected chi connectivity index (χ1v) is 14.3. The van der Waals surface area contributed by atoms with E-state index in [1.165, 1.54) is 57.8 Å². The van der Waals surface area contributed by atoms with Crippen molar-refractivity contribution in [3.63, 3.8) is 0 Å². The van der Waals surface area contributed by atoms with E-state index in [0.29, 0.717) is 17.3 Å². The van der Waals surface area contributed by atoms with E-state index in [9.17, 15) is 5.11 Å². The Labute approximate surface area is 203 Å². The number of allylic oxidation sites excluding steroid dienone is 1. The molecule has 3 fully saturated rings. The Kier molecular flexibility index (Phi) is 8.03. The van der Waals surface area contributed by atoms with Crippen LogP contribution >= 0.6 is 0 Å². The van der Waals surface area contributed by atoms with Crippen LogP contribution in [0.15, 0.2) is 11.6 Å². The van der Waals surface area contributed by atoms with E-state index >= 15 is 0 Å². The Morgan fingerprint density at radius 1 is 1.00 bits per heavy atom. The van der Waals surface area contributed by atoms with Gasteiger partial charge in [-0.2, -0.15) is 0 Å². The summed E-state index contributed by atoms with van der Waals surface area (Å²) in [5.41, 5.74) is 2.48. The molecule has 0 spiro atoms. The van der Waals surface area contributed by atoms with Crippen molar-refractivity contribution >= 4 is 0 Å². The molecule has 0 aromatic carbocycles. The predicted molar refractivity (Wildman–Crippen MR) is 136 cm³/mol. The molecule has 9 atom stereocenters. The molecule has 4 rings (SSSR count). The number of fused-ring (bicyclic) bond motifs is 5. The van der Waals surface area contributed by atoms with Crippen LogP contribution in [0.4, 0.5) is 0 Å². The minimum atomic E-state index is -0.824. The summed E-state index contributed by atoms with van der Waals surface area (Å²) in [6.45, 7) is 12.5. The lowest BCUT2D eigenvalue weighted by atomic mass is 9.47. The fourth-order valence-corrected chi connectivity index (χ4v) is 9.17. The first-order valence-electron chi connectivity index (χ1n) is 14.3. The van der Waals surface area contributed by atoms with Crippen molar-refractivity contribution in [2.75, 3.05) is 6.61 Å². The quantitative estimate of drug-likeness (QED) is 0.285. The average molecular weight is 461 g/mol. The molecule has 0 saturated heterocycles. The van der Waals surface area contributed by atoms with Crippen molar-refractivity contribution in [2.45, 2.75) is 124 Å². The SMILES string of the molecule is CC(C)CCC[C@@H](C)[C@H]1CC[C@H]2[C@@H]3CC=C4C[C@@H](OC(O)CCO)CC[C@]4(C)[C@H]3CC[C@]12C. The molecule has 0 heterocycles. The second-order valence-electron chi connectivity index (χ2n) is 13.3. The highest BCUT2D eigenvalue weighted by molar-refractivity contribution is 5.25. The standard InChI is InChI=1S/C30H52O3/c1-20(2)7-6-8-21(3)25-11-12-26-24-10-9-22-19-23(33-28(32)15-18-31)13-16-29(22,4)27(24)14-17-30(25,26)5/h9,20-21,23-28,31-32H,6-8,10-19H2,1-5H3/t21-,23+,24+,25-,26+,27+,28?,29+,30-/m1/s1. The Bertz CT molecular complexity index is 686. The Balaban J connectivity index is 1.43. The van der Waals surface area contributed by atoms with Gasteiger partial charge in [-0.1, -0.05) is 65.5 Å². The van der Waals surface area contributed by atoms with Crippen molar-refractivity contribution in [1.82, 2.24) is 0 Å². The smallest absolute Gasteiger partial charge is 0.157 e. The minimum Gasteiger partial charge on any atom is -0.396 e.